The zero-order valence-corrected chi connectivity index (χ0v) is 19.3. The van der Waals surface area contributed by atoms with E-state index in [9.17, 15) is 14.4 Å². The van der Waals surface area contributed by atoms with Crippen molar-refractivity contribution >= 4 is 17.7 Å². The van der Waals surface area contributed by atoms with Crippen LogP contribution >= 0.6 is 0 Å². The molecule has 1 heterocycles. The number of nitrogens with one attached hydrogen (secondary N) is 2. The Kier molecular flexibility index (Phi) is 7.31. The number of hydrogen-bond donors (Lipinski definition) is 2. The van der Waals surface area contributed by atoms with Gasteiger partial charge in [-0.25, -0.2) is 0 Å². The van der Waals surface area contributed by atoms with E-state index in [0.717, 1.165) is 5.56 Å². The molecule has 0 spiro atoms. The molecule has 1 aromatic carbocycles. The molecular formula is C24H33N3O4. The van der Waals surface area contributed by atoms with Gasteiger partial charge >= 0.3 is 0 Å². The Labute approximate surface area is 184 Å². The van der Waals surface area contributed by atoms with E-state index >= 15 is 0 Å². The second kappa shape index (κ2) is 9.37. The number of benzene rings is 1. The summed E-state index contributed by atoms with van der Waals surface area (Å²) in [6, 6.07) is 5.55. The predicted octanol–water partition coefficient (Wildman–Crippen LogP) is 2.78. The molecule has 7 nitrogen and oxygen atoms in total. The monoisotopic (exact) mass is 427 g/mol. The van der Waals surface area contributed by atoms with E-state index < -0.39 is 0 Å². The number of rotatable bonds is 1. The van der Waals surface area contributed by atoms with Gasteiger partial charge in [0, 0.05) is 18.8 Å². The lowest BCUT2D eigenvalue weighted by Crippen LogP contribution is -2.39. The summed E-state index contributed by atoms with van der Waals surface area (Å²) >= 11 is 0. The van der Waals surface area contributed by atoms with Gasteiger partial charge in [0.25, 0.3) is 5.91 Å². The van der Waals surface area contributed by atoms with E-state index in [-0.39, 0.29) is 53.9 Å². The first-order valence-corrected chi connectivity index (χ1v) is 10.3. The van der Waals surface area contributed by atoms with Crippen LogP contribution in [-0.4, -0.2) is 49.4 Å². The van der Waals surface area contributed by atoms with Crippen LogP contribution in [0.15, 0.2) is 42.6 Å². The van der Waals surface area contributed by atoms with E-state index in [1.807, 2.05) is 12.1 Å². The van der Waals surface area contributed by atoms with Crippen molar-refractivity contribution in [2.45, 2.75) is 40.0 Å². The van der Waals surface area contributed by atoms with Gasteiger partial charge < -0.3 is 20.3 Å². The Hall–Kier alpha value is -3.09. The summed E-state index contributed by atoms with van der Waals surface area (Å²) in [4.78, 5) is 38.3. The number of amides is 3. The summed E-state index contributed by atoms with van der Waals surface area (Å²) in [5.41, 5.74) is 1.46. The molecule has 168 valence electrons. The third-order valence-electron chi connectivity index (χ3n) is 5.96. The van der Waals surface area contributed by atoms with Gasteiger partial charge in [-0.05, 0) is 34.6 Å². The molecular weight excluding hydrogens is 394 g/mol. The van der Waals surface area contributed by atoms with Gasteiger partial charge in [0.2, 0.25) is 11.8 Å². The highest BCUT2D eigenvalue weighted by molar-refractivity contribution is 5.98. The molecule has 2 rings (SSSR count). The highest BCUT2D eigenvalue weighted by atomic mass is 16.5. The first-order valence-electron chi connectivity index (χ1n) is 10.3. The molecule has 0 bridgehead atoms. The van der Waals surface area contributed by atoms with Crippen LogP contribution in [0.2, 0.25) is 0 Å². The molecule has 1 aromatic rings. The minimum Gasteiger partial charge on any atom is -0.491 e. The van der Waals surface area contributed by atoms with Crippen molar-refractivity contribution in [3.8, 4) is 5.75 Å². The lowest BCUT2D eigenvalue weighted by atomic mass is 9.65. The fourth-order valence-electron chi connectivity index (χ4n) is 2.91. The second-order valence-electron chi connectivity index (χ2n) is 9.29. The molecule has 0 aliphatic carbocycles. The normalized spacial score (nSPS) is 18.2. The molecule has 1 aliphatic rings. The number of fused-ring (bicyclic) bond motifs is 1. The number of nitrogens with zero attached hydrogens (tertiary/aromatic N) is 1. The average Bonchev–Trinajstić information content (AvgIpc) is 2.67. The van der Waals surface area contributed by atoms with Crippen LogP contribution in [0, 0.1) is 5.41 Å². The van der Waals surface area contributed by atoms with E-state index in [0.29, 0.717) is 11.3 Å². The summed E-state index contributed by atoms with van der Waals surface area (Å²) in [5.74, 6) is -0.615. The highest BCUT2D eigenvalue weighted by Gasteiger charge is 2.35. The molecule has 2 N–H and O–H groups in total. The molecule has 0 saturated carbocycles. The van der Waals surface area contributed by atoms with Crippen LogP contribution in [0.1, 0.15) is 50.5 Å². The van der Waals surface area contributed by atoms with Gasteiger partial charge in [-0.2, -0.15) is 0 Å². The molecule has 0 fully saturated rings. The van der Waals surface area contributed by atoms with Gasteiger partial charge in [0.15, 0.2) is 0 Å². The summed E-state index contributed by atoms with van der Waals surface area (Å²) in [6.07, 6.45) is 2.67. The number of likely N-dealkylation sites (N-methyl/N-ethyl adjacent to an activating group) is 1. The molecule has 7 heteroatoms. The van der Waals surface area contributed by atoms with Crippen LogP contribution in [-0.2, 0) is 15.0 Å². The lowest BCUT2D eigenvalue weighted by Gasteiger charge is -2.39. The molecule has 0 atom stereocenters. The topological polar surface area (TPSA) is 87.7 Å². The summed E-state index contributed by atoms with van der Waals surface area (Å²) in [7, 11) is 1.52. The Morgan fingerprint density at radius 1 is 1.06 bits per heavy atom. The Morgan fingerprint density at radius 3 is 2.39 bits per heavy atom. The highest BCUT2D eigenvalue weighted by Crippen LogP contribution is 2.42. The predicted molar refractivity (Wildman–Crippen MR) is 121 cm³/mol. The largest absolute Gasteiger partial charge is 0.491 e. The number of carbonyl (C=O) groups is 3. The Morgan fingerprint density at radius 2 is 1.74 bits per heavy atom. The van der Waals surface area contributed by atoms with Crippen LogP contribution in [0.3, 0.4) is 0 Å². The van der Waals surface area contributed by atoms with Crippen molar-refractivity contribution in [2.75, 3.05) is 26.7 Å². The van der Waals surface area contributed by atoms with Crippen molar-refractivity contribution in [2.24, 2.45) is 5.41 Å². The van der Waals surface area contributed by atoms with Gasteiger partial charge in [0.1, 0.15) is 12.4 Å². The number of carbonyl (C=O) groups excluding carboxylic acids is 3. The van der Waals surface area contributed by atoms with Crippen LogP contribution in [0.4, 0.5) is 0 Å². The van der Waals surface area contributed by atoms with Crippen molar-refractivity contribution in [1.82, 2.24) is 15.5 Å². The zero-order valence-electron chi connectivity index (χ0n) is 19.3. The molecule has 1 aliphatic heterocycles. The molecule has 0 saturated heterocycles. The van der Waals surface area contributed by atoms with Gasteiger partial charge in [-0.1, -0.05) is 47.3 Å². The maximum absolute atomic E-state index is 12.9. The van der Waals surface area contributed by atoms with E-state index in [2.05, 4.69) is 51.8 Å². The summed E-state index contributed by atoms with van der Waals surface area (Å²) in [5, 5.41) is 5.41. The van der Waals surface area contributed by atoms with Crippen LogP contribution < -0.4 is 15.4 Å². The molecule has 31 heavy (non-hydrogen) atoms. The van der Waals surface area contributed by atoms with E-state index in [1.54, 1.807) is 6.07 Å². The summed E-state index contributed by atoms with van der Waals surface area (Å²) in [6.45, 7) is 14.9. The van der Waals surface area contributed by atoms with Gasteiger partial charge in [-0.3, -0.25) is 14.4 Å². The van der Waals surface area contributed by atoms with Crippen molar-refractivity contribution in [1.29, 1.82) is 0 Å². The number of ether oxygens (including phenoxy) is 1. The van der Waals surface area contributed by atoms with Gasteiger partial charge in [0.05, 0.1) is 18.7 Å². The zero-order chi connectivity index (χ0) is 23.4. The SMILES string of the molecule is C=C1/C=C/C(=O)N(C)CC(=O)NCCOc2cc(C(C)(C)C(C)(C)C)ccc2C(=O)N1. The van der Waals surface area contributed by atoms with Crippen LogP contribution in [0.25, 0.3) is 0 Å². The second-order valence-corrected chi connectivity index (χ2v) is 9.29. The Bertz CT molecular complexity index is 910. The van der Waals surface area contributed by atoms with Gasteiger partial charge in [-0.15, -0.1) is 0 Å². The maximum atomic E-state index is 12.9. The lowest BCUT2D eigenvalue weighted by molar-refractivity contribution is -0.131. The third-order valence-corrected chi connectivity index (χ3v) is 5.96. The fraction of sp³-hybridized carbons (Fsp3) is 0.458. The smallest absolute Gasteiger partial charge is 0.259 e. The average molecular weight is 428 g/mol. The van der Waals surface area contributed by atoms with E-state index in [1.165, 1.54) is 24.1 Å². The molecule has 0 aromatic heterocycles. The summed E-state index contributed by atoms with van der Waals surface area (Å²) < 4.78 is 5.91. The first kappa shape index (κ1) is 24.2. The third kappa shape index (κ3) is 5.96. The minimum atomic E-state index is -0.385. The van der Waals surface area contributed by atoms with Crippen molar-refractivity contribution in [3.63, 3.8) is 0 Å². The standard InChI is InChI=1S/C24H33N3O4/c1-16-8-11-21(29)27(7)15-20(28)25-12-13-31-19-14-17(24(5,6)23(2,3)4)9-10-18(19)22(30)26-16/h8-11,14H,1,12-13,15H2,2-7H3,(H,25,28)(H,26,30)/b11-8+. The first-order chi connectivity index (χ1) is 14.3. The molecule has 3 amide bonds. The van der Waals surface area contributed by atoms with Crippen LogP contribution in [0.5, 0.6) is 5.75 Å². The quantitative estimate of drug-likeness (QED) is 0.721. The van der Waals surface area contributed by atoms with Crippen molar-refractivity contribution in [3.05, 3.63) is 53.8 Å². The van der Waals surface area contributed by atoms with E-state index in [4.69, 9.17) is 4.74 Å². The molecule has 0 radical (unpaired) electrons. The minimum absolute atomic E-state index is 0.0189. The Balaban J connectivity index is 2.41. The number of hydrogen-bond acceptors (Lipinski definition) is 4. The number of allylic oxidation sites excluding steroid dienone is 1. The fourth-order valence-corrected chi connectivity index (χ4v) is 2.91. The maximum Gasteiger partial charge on any atom is 0.259 e. The van der Waals surface area contributed by atoms with Crippen molar-refractivity contribution < 1.29 is 19.1 Å². The molecule has 0 unspecified atom stereocenters.